The second kappa shape index (κ2) is 10.6. The highest BCUT2D eigenvalue weighted by molar-refractivity contribution is 6.02. The first-order valence-corrected chi connectivity index (χ1v) is 10.6. The lowest BCUT2D eigenvalue weighted by Crippen LogP contribution is -2.55. The topological polar surface area (TPSA) is 82.4 Å². The highest BCUT2D eigenvalue weighted by Gasteiger charge is 2.41. The van der Waals surface area contributed by atoms with Crippen LogP contribution in [0.3, 0.4) is 0 Å². The average Bonchev–Trinajstić information content (AvgIpc) is 2.84. The van der Waals surface area contributed by atoms with Gasteiger partial charge in [0.2, 0.25) is 0 Å². The van der Waals surface area contributed by atoms with Gasteiger partial charge in [-0.25, -0.2) is 9.45 Å². The Morgan fingerprint density at radius 3 is 2.22 bits per heavy atom. The average molecular weight is 499 g/mol. The molecule has 0 saturated carbocycles. The van der Waals surface area contributed by atoms with Crippen LogP contribution in [-0.4, -0.2) is 22.4 Å². The zero-order valence-electron chi connectivity index (χ0n) is 19.3. The van der Waals surface area contributed by atoms with Gasteiger partial charge in [0, 0.05) is 11.3 Å². The molecule has 0 aliphatic rings. The van der Waals surface area contributed by atoms with E-state index in [1.54, 1.807) is 30.3 Å². The summed E-state index contributed by atoms with van der Waals surface area (Å²) < 4.78 is 53.4. The van der Waals surface area contributed by atoms with Crippen molar-refractivity contribution < 1.29 is 32.0 Å². The van der Waals surface area contributed by atoms with E-state index in [2.05, 4.69) is 5.32 Å². The second-order valence-electron chi connectivity index (χ2n) is 8.25. The van der Waals surface area contributed by atoms with Crippen LogP contribution in [0.15, 0.2) is 72.8 Å². The molecule has 36 heavy (non-hydrogen) atoms. The Labute approximate surface area is 204 Å². The van der Waals surface area contributed by atoms with Gasteiger partial charge in [0.1, 0.15) is 18.0 Å². The molecule has 3 aromatic rings. The van der Waals surface area contributed by atoms with Crippen LogP contribution in [0.4, 0.5) is 23.2 Å². The summed E-state index contributed by atoms with van der Waals surface area (Å²) >= 11 is 0. The maximum Gasteiger partial charge on any atom is 0.417 e. The molecule has 0 bridgehead atoms. The molecule has 0 heterocycles. The number of hydroxylamine groups is 2. The Hall–Kier alpha value is -4.23. The number of benzene rings is 3. The van der Waals surface area contributed by atoms with Crippen molar-refractivity contribution in [2.75, 3.05) is 5.32 Å². The number of nitrogens with one attached hydrogen (secondary N) is 1. The Morgan fingerprint density at radius 1 is 1.00 bits per heavy atom. The van der Waals surface area contributed by atoms with Crippen LogP contribution >= 0.6 is 0 Å². The molecule has 0 spiro atoms. The number of halogens is 4. The fourth-order valence-corrected chi connectivity index (χ4v) is 3.23. The molecule has 1 N–H and O–H groups in total. The van der Waals surface area contributed by atoms with Crippen molar-refractivity contribution in [2.24, 2.45) is 0 Å². The van der Waals surface area contributed by atoms with E-state index in [4.69, 9.17) is 10.1 Å². The maximum absolute atomic E-state index is 13.4. The normalized spacial score (nSPS) is 11.5. The van der Waals surface area contributed by atoms with E-state index in [1.165, 1.54) is 32.0 Å². The van der Waals surface area contributed by atoms with Gasteiger partial charge in [-0.2, -0.15) is 18.4 Å². The van der Waals surface area contributed by atoms with Gasteiger partial charge in [-0.05, 0) is 61.9 Å². The summed E-state index contributed by atoms with van der Waals surface area (Å²) in [7, 11) is 0. The molecule has 0 aromatic heterocycles. The second-order valence-corrected chi connectivity index (χ2v) is 8.25. The molecular weight excluding hydrogens is 478 g/mol. The lowest BCUT2D eigenvalue weighted by Gasteiger charge is -2.36. The molecular formula is C26H21F4N3O3. The van der Waals surface area contributed by atoms with Gasteiger partial charge in [0.05, 0.1) is 17.2 Å². The van der Waals surface area contributed by atoms with E-state index in [0.717, 1.165) is 29.3 Å². The highest BCUT2D eigenvalue weighted by Crippen LogP contribution is 2.34. The number of rotatable bonds is 7. The number of nitriles is 1. The lowest BCUT2D eigenvalue weighted by atomic mass is 10.0. The fourth-order valence-electron chi connectivity index (χ4n) is 3.23. The van der Waals surface area contributed by atoms with E-state index >= 15 is 0 Å². The van der Waals surface area contributed by atoms with Crippen molar-refractivity contribution in [2.45, 2.75) is 32.2 Å². The number of amides is 2. The first-order chi connectivity index (χ1) is 16.9. The zero-order valence-corrected chi connectivity index (χ0v) is 19.3. The smallest absolute Gasteiger partial charge is 0.324 e. The fraction of sp³-hybridized carbons (Fsp3) is 0.192. The maximum atomic E-state index is 13.4. The van der Waals surface area contributed by atoms with Crippen molar-refractivity contribution in [3.05, 3.63) is 101 Å². The van der Waals surface area contributed by atoms with E-state index in [1.807, 2.05) is 0 Å². The summed E-state index contributed by atoms with van der Waals surface area (Å²) in [6.45, 7) is 2.60. The quantitative estimate of drug-likeness (QED) is 0.334. The molecule has 3 aromatic carbocycles. The predicted molar refractivity (Wildman–Crippen MR) is 123 cm³/mol. The first kappa shape index (κ1) is 26.4. The van der Waals surface area contributed by atoms with Crippen LogP contribution in [0.5, 0.6) is 0 Å². The monoisotopic (exact) mass is 499 g/mol. The van der Waals surface area contributed by atoms with Gasteiger partial charge in [-0.3, -0.25) is 14.4 Å². The van der Waals surface area contributed by atoms with Crippen LogP contribution in [-0.2, 0) is 22.4 Å². The zero-order chi connectivity index (χ0) is 26.5. The van der Waals surface area contributed by atoms with Crippen molar-refractivity contribution in [1.29, 1.82) is 5.26 Å². The lowest BCUT2D eigenvalue weighted by molar-refractivity contribution is -0.188. The summed E-state index contributed by atoms with van der Waals surface area (Å²) in [6, 6.07) is 17.6. The van der Waals surface area contributed by atoms with Gasteiger partial charge in [-0.15, -0.1) is 0 Å². The number of nitrogens with zero attached hydrogens (tertiary/aromatic N) is 2. The number of alkyl halides is 3. The molecule has 2 amide bonds. The largest absolute Gasteiger partial charge is 0.417 e. The first-order valence-electron chi connectivity index (χ1n) is 10.6. The molecule has 0 aliphatic carbocycles. The Morgan fingerprint density at radius 2 is 1.64 bits per heavy atom. The summed E-state index contributed by atoms with van der Waals surface area (Å²) in [6.07, 6.45) is -4.81. The Bertz CT molecular complexity index is 1280. The van der Waals surface area contributed by atoms with Crippen LogP contribution in [0.25, 0.3) is 0 Å². The molecule has 10 heteroatoms. The molecule has 3 rings (SSSR count). The molecule has 0 saturated heterocycles. The number of hydrogen-bond acceptors (Lipinski definition) is 4. The number of carbonyl (C=O) groups excluding carboxylic acids is 2. The molecule has 0 fully saturated rings. The molecule has 0 unspecified atom stereocenters. The third-order valence-corrected chi connectivity index (χ3v) is 5.25. The minimum absolute atomic E-state index is 0.0306. The highest BCUT2D eigenvalue weighted by atomic mass is 19.4. The van der Waals surface area contributed by atoms with E-state index in [0.29, 0.717) is 11.6 Å². The van der Waals surface area contributed by atoms with E-state index in [9.17, 15) is 27.2 Å². The van der Waals surface area contributed by atoms with Crippen molar-refractivity contribution in [3.63, 3.8) is 0 Å². The van der Waals surface area contributed by atoms with E-state index in [-0.39, 0.29) is 17.9 Å². The van der Waals surface area contributed by atoms with Crippen LogP contribution in [0, 0.1) is 17.1 Å². The minimum atomic E-state index is -4.81. The van der Waals surface area contributed by atoms with Crippen molar-refractivity contribution >= 4 is 17.5 Å². The molecule has 186 valence electrons. The van der Waals surface area contributed by atoms with Gasteiger partial charge < -0.3 is 5.32 Å². The minimum Gasteiger partial charge on any atom is -0.324 e. The van der Waals surface area contributed by atoms with Crippen LogP contribution in [0.1, 0.15) is 40.9 Å². The van der Waals surface area contributed by atoms with Crippen LogP contribution in [0.2, 0.25) is 0 Å². The van der Waals surface area contributed by atoms with Crippen LogP contribution < -0.4 is 5.32 Å². The third-order valence-electron chi connectivity index (χ3n) is 5.25. The molecule has 0 radical (unpaired) electrons. The van der Waals surface area contributed by atoms with E-state index < -0.39 is 40.5 Å². The van der Waals surface area contributed by atoms with Gasteiger partial charge in [-0.1, -0.05) is 30.3 Å². The standard InChI is InChI=1S/C26H21F4N3O3/c1-25(2,24(35)32-21-13-10-19(15-31)22(14-21)26(28,29)30)33(36-16-17-6-4-3-5-7-17)23(34)18-8-11-20(27)12-9-18/h3-14H,16H2,1-2H3,(H,32,35). The summed E-state index contributed by atoms with van der Waals surface area (Å²) in [5, 5.41) is 12.1. The van der Waals surface area contributed by atoms with Gasteiger partial charge in [0.15, 0.2) is 0 Å². The third kappa shape index (κ3) is 6.06. The summed E-state index contributed by atoms with van der Waals surface area (Å²) in [5.74, 6) is -2.19. The number of hydrogen-bond donors (Lipinski definition) is 1. The van der Waals surface area contributed by atoms with Gasteiger partial charge in [0.25, 0.3) is 11.8 Å². The predicted octanol–water partition coefficient (Wildman–Crippen LogP) is 5.71. The molecule has 0 atom stereocenters. The Kier molecular flexibility index (Phi) is 7.75. The Balaban J connectivity index is 1.92. The van der Waals surface area contributed by atoms with Crippen molar-refractivity contribution in [3.8, 4) is 6.07 Å². The number of carbonyl (C=O) groups is 2. The van der Waals surface area contributed by atoms with Crippen molar-refractivity contribution in [1.82, 2.24) is 5.06 Å². The molecule has 0 aliphatic heterocycles. The summed E-state index contributed by atoms with van der Waals surface area (Å²) in [4.78, 5) is 32.2. The number of anilines is 1. The summed E-state index contributed by atoms with van der Waals surface area (Å²) in [5.41, 5.74) is -3.04. The SMILES string of the molecule is CC(C)(C(=O)Nc1ccc(C#N)c(C(F)(F)F)c1)N(OCc1ccccc1)C(=O)c1ccc(F)cc1. The van der Waals surface area contributed by atoms with Gasteiger partial charge >= 0.3 is 6.18 Å². The molecule has 6 nitrogen and oxygen atoms in total.